The highest BCUT2D eigenvalue weighted by Crippen LogP contribution is 2.33. The Bertz CT molecular complexity index is 1220. The highest BCUT2D eigenvalue weighted by atomic mass is 19.3. The Labute approximate surface area is 196 Å². The SMILES string of the molecule is C=Cc1cc(Oc2c(C(=O)NC(C)c3ccc(C(=O)OC)cc3)c(C(F)F)nn2C)ccc1C. The number of carbonyl (C=O) groups is 2. The molecule has 0 radical (unpaired) electrons. The highest BCUT2D eigenvalue weighted by molar-refractivity contribution is 5.98. The summed E-state index contributed by atoms with van der Waals surface area (Å²) in [5.41, 5.74) is 1.76. The van der Waals surface area contributed by atoms with Crippen LogP contribution in [0.2, 0.25) is 0 Å². The molecule has 1 unspecified atom stereocenters. The zero-order chi connectivity index (χ0) is 25.0. The molecule has 1 aromatic heterocycles. The van der Waals surface area contributed by atoms with Gasteiger partial charge in [0.15, 0.2) is 0 Å². The molecule has 34 heavy (non-hydrogen) atoms. The van der Waals surface area contributed by atoms with Gasteiger partial charge in [0.1, 0.15) is 17.0 Å². The number of nitrogens with zero attached hydrogens (tertiary/aromatic N) is 2. The third-order valence-corrected chi connectivity index (χ3v) is 5.32. The molecule has 9 heteroatoms. The van der Waals surface area contributed by atoms with Crippen LogP contribution < -0.4 is 10.1 Å². The molecule has 0 bridgehead atoms. The third kappa shape index (κ3) is 5.14. The summed E-state index contributed by atoms with van der Waals surface area (Å²) in [6.07, 6.45) is -1.34. The summed E-state index contributed by atoms with van der Waals surface area (Å²) in [7, 11) is 2.71. The lowest BCUT2D eigenvalue weighted by atomic mass is 10.1. The second-order valence-corrected chi connectivity index (χ2v) is 7.62. The van der Waals surface area contributed by atoms with Gasteiger partial charge in [-0.2, -0.15) is 5.10 Å². The van der Waals surface area contributed by atoms with Crippen LogP contribution in [-0.2, 0) is 11.8 Å². The van der Waals surface area contributed by atoms with Gasteiger partial charge in [-0.05, 0) is 54.8 Å². The van der Waals surface area contributed by atoms with E-state index in [4.69, 9.17) is 4.74 Å². The summed E-state index contributed by atoms with van der Waals surface area (Å²) >= 11 is 0. The number of rotatable bonds is 8. The van der Waals surface area contributed by atoms with E-state index in [1.807, 2.05) is 6.92 Å². The van der Waals surface area contributed by atoms with E-state index in [-0.39, 0.29) is 11.4 Å². The molecule has 7 nitrogen and oxygen atoms in total. The molecule has 1 N–H and O–H groups in total. The smallest absolute Gasteiger partial charge is 0.337 e. The van der Waals surface area contributed by atoms with Crippen LogP contribution in [0.15, 0.2) is 49.0 Å². The van der Waals surface area contributed by atoms with E-state index in [1.165, 1.54) is 14.2 Å². The van der Waals surface area contributed by atoms with Crippen LogP contribution in [0, 0.1) is 6.92 Å². The number of nitrogens with one attached hydrogen (secondary N) is 1. The molecule has 3 rings (SSSR count). The third-order valence-electron chi connectivity index (χ3n) is 5.32. The number of hydrogen-bond acceptors (Lipinski definition) is 5. The summed E-state index contributed by atoms with van der Waals surface area (Å²) < 4.78 is 39.1. The lowest BCUT2D eigenvalue weighted by Crippen LogP contribution is -2.27. The number of carbonyl (C=O) groups excluding carboxylic acids is 2. The number of aryl methyl sites for hydroxylation is 2. The van der Waals surface area contributed by atoms with E-state index >= 15 is 0 Å². The first kappa shape index (κ1) is 24.6. The van der Waals surface area contributed by atoms with Crippen LogP contribution in [0.3, 0.4) is 0 Å². The van der Waals surface area contributed by atoms with Crippen molar-refractivity contribution in [3.63, 3.8) is 0 Å². The normalized spacial score (nSPS) is 11.7. The van der Waals surface area contributed by atoms with E-state index in [0.29, 0.717) is 16.9 Å². The van der Waals surface area contributed by atoms with Crippen LogP contribution in [0.1, 0.15) is 62.5 Å². The molecule has 178 valence electrons. The number of aromatic nitrogens is 2. The lowest BCUT2D eigenvalue weighted by molar-refractivity contribution is 0.0600. The topological polar surface area (TPSA) is 82.4 Å². The zero-order valence-electron chi connectivity index (χ0n) is 19.3. The molecule has 0 fully saturated rings. The molecule has 0 saturated carbocycles. The van der Waals surface area contributed by atoms with Gasteiger partial charge in [0.05, 0.1) is 18.7 Å². The Hall–Kier alpha value is -4.01. The predicted molar refractivity (Wildman–Crippen MR) is 123 cm³/mol. The molecule has 1 heterocycles. The quantitative estimate of drug-likeness (QED) is 0.448. The molecule has 0 spiro atoms. The minimum atomic E-state index is -2.99. The van der Waals surface area contributed by atoms with Gasteiger partial charge in [-0.3, -0.25) is 4.79 Å². The minimum Gasteiger partial charge on any atom is -0.465 e. The maximum absolute atomic E-state index is 13.7. The van der Waals surface area contributed by atoms with Crippen LogP contribution in [-0.4, -0.2) is 28.8 Å². The standard InChI is InChI=1S/C25H25F2N3O4/c1-6-16-13-19(12-7-14(16)2)34-24-20(21(22(26)27)29-30(24)4)23(31)28-15(3)17-8-10-18(11-9-17)25(32)33-5/h6-13,15,22H,1H2,2-5H3,(H,28,31). The van der Waals surface area contributed by atoms with Gasteiger partial charge in [0, 0.05) is 7.05 Å². The van der Waals surface area contributed by atoms with Crippen LogP contribution >= 0.6 is 0 Å². The molecular formula is C25H25F2N3O4. The first-order valence-electron chi connectivity index (χ1n) is 10.4. The molecule has 1 amide bonds. The summed E-state index contributed by atoms with van der Waals surface area (Å²) in [5, 5.41) is 6.52. The molecule has 0 aliphatic heterocycles. The monoisotopic (exact) mass is 469 g/mol. The summed E-state index contributed by atoms with van der Waals surface area (Å²) in [6, 6.07) is 11.0. The number of esters is 1. The molecule has 0 saturated heterocycles. The highest BCUT2D eigenvalue weighted by Gasteiger charge is 2.30. The fourth-order valence-electron chi connectivity index (χ4n) is 3.40. The van der Waals surface area contributed by atoms with Gasteiger partial charge < -0.3 is 14.8 Å². The van der Waals surface area contributed by atoms with E-state index in [1.54, 1.807) is 55.5 Å². The van der Waals surface area contributed by atoms with E-state index in [0.717, 1.165) is 15.8 Å². The second kappa shape index (κ2) is 10.3. The van der Waals surface area contributed by atoms with Crippen LogP contribution in [0.4, 0.5) is 8.78 Å². The van der Waals surface area contributed by atoms with Crippen molar-refractivity contribution in [1.29, 1.82) is 0 Å². The lowest BCUT2D eigenvalue weighted by Gasteiger charge is -2.16. The summed E-state index contributed by atoms with van der Waals surface area (Å²) in [6.45, 7) is 7.35. The largest absolute Gasteiger partial charge is 0.465 e. The van der Waals surface area contributed by atoms with Crippen molar-refractivity contribution in [1.82, 2.24) is 15.1 Å². The number of amides is 1. The van der Waals surface area contributed by atoms with Gasteiger partial charge in [0.25, 0.3) is 12.3 Å². The summed E-state index contributed by atoms with van der Waals surface area (Å²) in [5.74, 6) is -1.01. The van der Waals surface area contributed by atoms with Crippen molar-refractivity contribution >= 4 is 18.0 Å². The van der Waals surface area contributed by atoms with Crippen molar-refractivity contribution < 1.29 is 27.8 Å². The fraction of sp³-hybridized carbons (Fsp3) is 0.240. The number of alkyl halides is 2. The van der Waals surface area contributed by atoms with Gasteiger partial charge in [-0.15, -0.1) is 0 Å². The fourth-order valence-corrected chi connectivity index (χ4v) is 3.40. The zero-order valence-corrected chi connectivity index (χ0v) is 19.3. The van der Waals surface area contributed by atoms with E-state index < -0.39 is 30.0 Å². The minimum absolute atomic E-state index is 0.111. The van der Waals surface area contributed by atoms with Gasteiger partial charge in [-0.1, -0.05) is 30.9 Å². The second-order valence-electron chi connectivity index (χ2n) is 7.62. The first-order chi connectivity index (χ1) is 16.2. The van der Waals surface area contributed by atoms with Crippen molar-refractivity contribution in [3.8, 4) is 11.6 Å². The maximum atomic E-state index is 13.7. The number of methoxy groups -OCH3 is 1. The molecule has 3 aromatic rings. The van der Waals surface area contributed by atoms with Crippen molar-refractivity contribution in [2.24, 2.45) is 7.05 Å². The van der Waals surface area contributed by atoms with Crippen molar-refractivity contribution in [2.75, 3.05) is 7.11 Å². The van der Waals surface area contributed by atoms with E-state index in [9.17, 15) is 18.4 Å². The van der Waals surface area contributed by atoms with E-state index in [2.05, 4.69) is 21.7 Å². The number of ether oxygens (including phenoxy) is 2. The molecule has 1 atom stereocenters. The first-order valence-corrected chi connectivity index (χ1v) is 10.4. The Kier molecular flexibility index (Phi) is 7.45. The Morgan fingerprint density at radius 3 is 2.44 bits per heavy atom. The number of hydrogen-bond donors (Lipinski definition) is 1. The van der Waals surface area contributed by atoms with Crippen molar-refractivity contribution in [3.05, 3.63) is 82.6 Å². The van der Waals surface area contributed by atoms with Crippen LogP contribution in [0.25, 0.3) is 6.08 Å². The Morgan fingerprint density at radius 1 is 1.18 bits per heavy atom. The van der Waals surface area contributed by atoms with Crippen molar-refractivity contribution in [2.45, 2.75) is 26.3 Å². The summed E-state index contributed by atoms with van der Waals surface area (Å²) in [4.78, 5) is 24.7. The van der Waals surface area contributed by atoms with Gasteiger partial charge in [-0.25, -0.2) is 18.3 Å². The number of benzene rings is 2. The molecule has 0 aliphatic carbocycles. The van der Waals surface area contributed by atoms with Gasteiger partial charge >= 0.3 is 5.97 Å². The Morgan fingerprint density at radius 2 is 1.85 bits per heavy atom. The molecule has 0 aliphatic rings. The molecule has 2 aromatic carbocycles. The Balaban J connectivity index is 1.91. The average Bonchev–Trinajstić information content (AvgIpc) is 3.16. The molecular weight excluding hydrogens is 444 g/mol. The maximum Gasteiger partial charge on any atom is 0.337 e. The van der Waals surface area contributed by atoms with Gasteiger partial charge in [0.2, 0.25) is 5.88 Å². The average molecular weight is 469 g/mol. The number of halogens is 2. The predicted octanol–water partition coefficient (Wildman–Crippen LogP) is 5.38. The van der Waals surface area contributed by atoms with Crippen LogP contribution in [0.5, 0.6) is 11.6 Å².